The molecule has 0 fully saturated rings. The van der Waals surface area contributed by atoms with E-state index in [0.29, 0.717) is 21.5 Å². The highest BCUT2D eigenvalue weighted by atomic mass is 79.9. The number of carbonyl (C=O) groups excluding carboxylic acids is 1. The number of hydrogen-bond donors (Lipinski definition) is 1. The molecule has 0 radical (unpaired) electrons. The molecule has 0 aliphatic rings. The molecular formula is C15H14BrNO3. The summed E-state index contributed by atoms with van der Waals surface area (Å²) in [6.45, 7) is 0. The number of anilines is 1. The molecule has 104 valence electrons. The number of halogens is 1. The van der Waals surface area contributed by atoms with Gasteiger partial charge >= 0.3 is 0 Å². The van der Waals surface area contributed by atoms with Gasteiger partial charge in [0.15, 0.2) is 0 Å². The van der Waals surface area contributed by atoms with Gasteiger partial charge in [0.25, 0.3) is 5.91 Å². The highest BCUT2D eigenvalue weighted by Gasteiger charge is 2.16. The minimum atomic E-state index is -0.148. The highest BCUT2D eigenvalue weighted by molar-refractivity contribution is 9.10. The second kappa shape index (κ2) is 5.96. The van der Waals surface area contributed by atoms with Crippen LogP contribution in [0.15, 0.2) is 46.9 Å². The predicted molar refractivity (Wildman–Crippen MR) is 81.5 cm³/mol. The second-order valence-corrected chi connectivity index (χ2v) is 5.08. The molecule has 0 aliphatic heterocycles. The van der Waals surface area contributed by atoms with Crippen LogP contribution in [0.25, 0.3) is 0 Å². The first-order chi connectivity index (χ1) is 9.52. The number of benzene rings is 2. The number of phenolic OH excluding ortho intramolecular Hbond substituents is 1. The summed E-state index contributed by atoms with van der Waals surface area (Å²) in [6, 6.07) is 11.7. The zero-order chi connectivity index (χ0) is 14.7. The van der Waals surface area contributed by atoms with Crippen molar-refractivity contribution in [1.29, 1.82) is 0 Å². The number of methoxy groups -OCH3 is 1. The lowest BCUT2D eigenvalue weighted by molar-refractivity contribution is 0.0992. The summed E-state index contributed by atoms with van der Waals surface area (Å²) in [7, 11) is 3.26. The van der Waals surface area contributed by atoms with Gasteiger partial charge in [-0.1, -0.05) is 0 Å². The fourth-order valence-electron chi connectivity index (χ4n) is 1.77. The summed E-state index contributed by atoms with van der Waals surface area (Å²) in [5.74, 6) is 0.700. The van der Waals surface area contributed by atoms with Crippen molar-refractivity contribution in [3.05, 3.63) is 52.5 Å². The van der Waals surface area contributed by atoms with Crippen molar-refractivity contribution in [2.24, 2.45) is 0 Å². The fraction of sp³-hybridized carbons (Fsp3) is 0.133. The standard InChI is InChI=1S/C15H14BrNO3/c1-17(10-3-5-11(18)6-4-10)15(19)13-8-7-12(20-2)9-14(13)16/h3-9,18H,1-2H3. The highest BCUT2D eigenvalue weighted by Crippen LogP contribution is 2.26. The largest absolute Gasteiger partial charge is 0.508 e. The van der Waals surface area contributed by atoms with Crippen LogP contribution >= 0.6 is 15.9 Å². The maximum atomic E-state index is 12.4. The van der Waals surface area contributed by atoms with Gasteiger partial charge in [-0.3, -0.25) is 4.79 Å². The smallest absolute Gasteiger partial charge is 0.259 e. The molecular weight excluding hydrogens is 322 g/mol. The lowest BCUT2D eigenvalue weighted by Gasteiger charge is -2.18. The van der Waals surface area contributed by atoms with Crippen molar-refractivity contribution in [2.45, 2.75) is 0 Å². The number of amides is 1. The number of carbonyl (C=O) groups is 1. The third-order valence-electron chi connectivity index (χ3n) is 2.95. The minimum Gasteiger partial charge on any atom is -0.508 e. The van der Waals surface area contributed by atoms with E-state index in [1.54, 1.807) is 56.6 Å². The zero-order valence-corrected chi connectivity index (χ0v) is 12.7. The monoisotopic (exact) mass is 335 g/mol. The van der Waals surface area contributed by atoms with Crippen LogP contribution in [0.1, 0.15) is 10.4 Å². The molecule has 0 aliphatic carbocycles. The van der Waals surface area contributed by atoms with E-state index >= 15 is 0 Å². The van der Waals surface area contributed by atoms with Crippen molar-refractivity contribution in [1.82, 2.24) is 0 Å². The number of phenols is 1. The van der Waals surface area contributed by atoms with E-state index in [2.05, 4.69) is 15.9 Å². The van der Waals surface area contributed by atoms with Crippen LogP contribution in [0, 0.1) is 0 Å². The van der Waals surface area contributed by atoms with Crippen molar-refractivity contribution in [2.75, 3.05) is 19.1 Å². The molecule has 1 N–H and O–H groups in total. The lowest BCUT2D eigenvalue weighted by atomic mass is 10.2. The van der Waals surface area contributed by atoms with Gasteiger partial charge in [0.2, 0.25) is 0 Å². The number of hydrogen-bond acceptors (Lipinski definition) is 3. The zero-order valence-electron chi connectivity index (χ0n) is 11.1. The summed E-state index contributed by atoms with van der Waals surface area (Å²) >= 11 is 3.37. The normalized spacial score (nSPS) is 10.2. The summed E-state index contributed by atoms with van der Waals surface area (Å²) < 4.78 is 5.78. The number of aromatic hydroxyl groups is 1. The first kappa shape index (κ1) is 14.4. The van der Waals surface area contributed by atoms with Gasteiger partial charge < -0.3 is 14.7 Å². The summed E-state index contributed by atoms with van der Waals surface area (Å²) in [5, 5.41) is 9.27. The van der Waals surface area contributed by atoms with Crippen LogP contribution in [0.4, 0.5) is 5.69 Å². The Hall–Kier alpha value is -2.01. The average molecular weight is 336 g/mol. The predicted octanol–water partition coefficient (Wildman–Crippen LogP) is 3.44. The molecule has 4 nitrogen and oxygen atoms in total. The van der Waals surface area contributed by atoms with Crippen molar-refractivity contribution < 1.29 is 14.6 Å². The molecule has 2 aromatic carbocycles. The second-order valence-electron chi connectivity index (χ2n) is 4.23. The molecule has 0 saturated heterocycles. The van der Waals surface area contributed by atoms with E-state index in [-0.39, 0.29) is 11.7 Å². The van der Waals surface area contributed by atoms with Gasteiger partial charge in [0.05, 0.1) is 12.7 Å². The molecule has 0 aromatic heterocycles. The Kier molecular flexibility index (Phi) is 4.29. The van der Waals surface area contributed by atoms with Crippen LogP contribution in [-0.4, -0.2) is 25.2 Å². The van der Waals surface area contributed by atoms with Crippen LogP contribution < -0.4 is 9.64 Å². The topological polar surface area (TPSA) is 49.8 Å². The molecule has 0 saturated carbocycles. The van der Waals surface area contributed by atoms with Crippen LogP contribution in [0.5, 0.6) is 11.5 Å². The van der Waals surface area contributed by atoms with Crippen molar-refractivity contribution in [3.8, 4) is 11.5 Å². The van der Waals surface area contributed by atoms with Gasteiger partial charge in [0.1, 0.15) is 11.5 Å². The van der Waals surface area contributed by atoms with Crippen LogP contribution in [-0.2, 0) is 0 Å². The first-order valence-corrected chi connectivity index (χ1v) is 6.73. The minimum absolute atomic E-state index is 0.148. The van der Waals surface area contributed by atoms with Crippen molar-refractivity contribution >= 4 is 27.5 Å². The van der Waals surface area contributed by atoms with Gasteiger partial charge in [-0.05, 0) is 58.4 Å². The Morgan fingerprint density at radius 1 is 1.20 bits per heavy atom. The lowest BCUT2D eigenvalue weighted by Crippen LogP contribution is -2.26. The number of ether oxygens (including phenoxy) is 1. The molecule has 0 spiro atoms. The van der Waals surface area contributed by atoms with E-state index in [4.69, 9.17) is 4.74 Å². The quantitative estimate of drug-likeness (QED) is 0.934. The summed E-state index contributed by atoms with van der Waals surface area (Å²) in [5.41, 5.74) is 1.25. The Morgan fingerprint density at radius 2 is 1.85 bits per heavy atom. The SMILES string of the molecule is COc1ccc(C(=O)N(C)c2ccc(O)cc2)c(Br)c1. The first-order valence-electron chi connectivity index (χ1n) is 5.93. The van der Waals surface area contributed by atoms with E-state index in [1.165, 1.54) is 4.90 Å². The molecule has 0 heterocycles. The Labute approximate surface area is 125 Å². The molecule has 20 heavy (non-hydrogen) atoms. The number of rotatable bonds is 3. The van der Waals surface area contributed by atoms with E-state index in [1.807, 2.05) is 0 Å². The fourth-order valence-corrected chi connectivity index (χ4v) is 2.30. The van der Waals surface area contributed by atoms with Gasteiger partial charge in [-0.2, -0.15) is 0 Å². The Bertz CT molecular complexity index is 626. The molecule has 0 unspecified atom stereocenters. The average Bonchev–Trinajstić information content (AvgIpc) is 2.46. The van der Waals surface area contributed by atoms with Crippen molar-refractivity contribution in [3.63, 3.8) is 0 Å². The molecule has 2 aromatic rings. The maximum Gasteiger partial charge on any atom is 0.259 e. The molecule has 5 heteroatoms. The van der Waals surface area contributed by atoms with Crippen LogP contribution in [0.2, 0.25) is 0 Å². The third kappa shape index (κ3) is 2.93. The Morgan fingerprint density at radius 3 is 2.40 bits per heavy atom. The van der Waals surface area contributed by atoms with E-state index < -0.39 is 0 Å². The molecule has 1 amide bonds. The van der Waals surface area contributed by atoms with Gasteiger partial charge in [-0.25, -0.2) is 0 Å². The van der Waals surface area contributed by atoms with Gasteiger partial charge in [-0.15, -0.1) is 0 Å². The van der Waals surface area contributed by atoms with E-state index in [0.717, 1.165) is 0 Å². The summed E-state index contributed by atoms with van der Waals surface area (Å²) in [6.07, 6.45) is 0. The number of nitrogens with zero attached hydrogens (tertiary/aromatic N) is 1. The van der Waals surface area contributed by atoms with E-state index in [9.17, 15) is 9.90 Å². The Balaban J connectivity index is 2.28. The van der Waals surface area contributed by atoms with Crippen LogP contribution in [0.3, 0.4) is 0 Å². The maximum absolute atomic E-state index is 12.4. The molecule has 0 atom stereocenters. The van der Waals surface area contributed by atoms with Gasteiger partial charge in [0, 0.05) is 17.2 Å². The summed E-state index contributed by atoms with van der Waals surface area (Å²) in [4.78, 5) is 14.0. The molecule has 2 rings (SSSR count). The third-order valence-corrected chi connectivity index (χ3v) is 3.60. The molecule has 0 bridgehead atoms.